The van der Waals surface area contributed by atoms with Gasteiger partial charge in [-0.2, -0.15) is 5.26 Å². The summed E-state index contributed by atoms with van der Waals surface area (Å²) in [6.45, 7) is 3.89. The SMILES string of the molecule is CCCN(Cc1ccccc1Br)Nc1ccc(C#N)c2ccccc12. The number of hydrogen-bond acceptors (Lipinski definition) is 3. The zero-order valence-corrected chi connectivity index (χ0v) is 15.8. The van der Waals surface area contributed by atoms with Gasteiger partial charge < -0.3 is 5.43 Å². The van der Waals surface area contributed by atoms with Gasteiger partial charge in [0.05, 0.1) is 17.3 Å². The minimum Gasteiger partial charge on any atom is -0.318 e. The van der Waals surface area contributed by atoms with Gasteiger partial charge in [0.25, 0.3) is 0 Å². The Morgan fingerprint density at radius 3 is 2.44 bits per heavy atom. The molecule has 1 N–H and O–H groups in total. The Labute approximate surface area is 157 Å². The summed E-state index contributed by atoms with van der Waals surface area (Å²) in [6.07, 6.45) is 1.05. The molecule has 3 nitrogen and oxygen atoms in total. The summed E-state index contributed by atoms with van der Waals surface area (Å²) in [4.78, 5) is 0. The fourth-order valence-electron chi connectivity index (χ4n) is 2.94. The average Bonchev–Trinajstić information content (AvgIpc) is 2.64. The second-order valence-corrected chi connectivity index (χ2v) is 6.80. The van der Waals surface area contributed by atoms with Gasteiger partial charge in [0, 0.05) is 28.3 Å². The van der Waals surface area contributed by atoms with Gasteiger partial charge in [0.2, 0.25) is 0 Å². The van der Waals surface area contributed by atoms with Crippen LogP contribution >= 0.6 is 15.9 Å². The number of anilines is 1. The van der Waals surface area contributed by atoms with Crippen molar-refractivity contribution in [1.29, 1.82) is 5.26 Å². The van der Waals surface area contributed by atoms with Gasteiger partial charge in [0.1, 0.15) is 0 Å². The van der Waals surface area contributed by atoms with Crippen molar-refractivity contribution in [1.82, 2.24) is 5.01 Å². The number of nitrogens with one attached hydrogen (secondary N) is 1. The van der Waals surface area contributed by atoms with Crippen LogP contribution in [0.15, 0.2) is 65.1 Å². The molecular weight excluding hydrogens is 374 g/mol. The van der Waals surface area contributed by atoms with Crippen LogP contribution in [0.3, 0.4) is 0 Å². The van der Waals surface area contributed by atoms with Gasteiger partial charge in [-0.1, -0.05) is 65.3 Å². The zero-order chi connectivity index (χ0) is 17.6. The summed E-state index contributed by atoms with van der Waals surface area (Å²) in [6, 6.07) is 22.5. The van der Waals surface area contributed by atoms with E-state index in [0.717, 1.165) is 40.4 Å². The summed E-state index contributed by atoms with van der Waals surface area (Å²) in [7, 11) is 0. The topological polar surface area (TPSA) is 39.1 Å². The summed E-state index contributed by atoms with van der Waals surface area (Å²) >= 11 is 3.63. The fraction of sp³-hybridized carbons (Fsp3) is 0.190. The molecule has 0 radical (unpaired) electrons. The molecule has 0 aliphatic rings. The van der Waals surface area contributed by atoms with Gasteiger partial charge in [0.15, 0.2) is 0 Å². The van der Waals surface area contributed by atoms with Crippen molar-refractivity contribution < 1.29 is 0 Å². The molecule has 0 bridgehead atoms. The van der Waals surface area contributed by atoms with Crippen LogP contribution in [0.1, 0.15) is 24.5 Å². The Bertz CT molecular complexity index is 914. The fourth-order valence-corrected chi connectivity index (χ4v) is 3.35. The van der Waals surface area contributed by atoms with Gasteiger partial charge >= 0.3 is 0 Å². The first-order valence-electron chi connectivity index (χ1n) is 8.39. The monoisotopic (exact) mass is 393 g/mol. The molecule has 3 aromatic carbocycles. The van der Waals surface area contributed by atoms with Crippen LogP contribution in [-0.4, -0.2) is 11.6 Å². The van der Waals surface area contributed by atoms with E-state index in [1.54, 1.807) is 0 Å². The van der Waals surface area contributed by atoms with E-state index >= 15 is 0 Å². The van der Waals surface area contributed by atoms with Crippen molar-refractivity contribution >= 4 is 32.4 Å². The van der Waals surface area contributed by atoms with Crippen LogP contribution in [0.5, 0.6) is 0 Å². The Balaban J connectivity index is 1.92. The minimum absolute atomic E-state index is 0.703. The molecule has 0 unspecified atom stereocenters. The lowest BCUT2D eigenvalue weighted by Crippen LogP contribution is -2.30. The molecule has 3 aromatic rings. The first kappa shape index (κ1) is 17.5. The molecule has 0 saturated carbocycles. The third kappa shape index (κ3) is 4.01. The Hall–Kier alpha value is -2.35. The van der Waals surface area contributed by atoms with E-state index in [4.69, 9.17) is 0 Å². The van der Waals surface area contributed by atoms with Crippen LogP contribution < -0.4 is 5.43 Å². The molecule has 0 fully saturated rings. The van der Waals surface area contributed by atoms with Crippen molar-refractivity contribution in [3.8, 4) is 6.07 Å². The highest BCUT2D eigenvalue weighted by atomic mass is 79.9. The summed E-state index contributed by atoms with van der Waals surface area (Å²) in [5, 5.41) is 13.6. The maximum atomic E-state index is 9.33. The first-order chi connectivity index (χ1) is 12.2. The van der Waals surface area contributed by atoms with Crippen LogP contribution in [0.2, 0.25) is 0 Å². The molecule has 0 aliphatic carbocycles. The van der Waals surface area contributed by atoms with E-state index < -0.39 is 0 Å². The summed E-state index contributed by atoms with van der Waals surface area (Å²) in [5.41, 5.74) is 6.52. The summed E-state index contributed by atoms with van der Waals surface area (Å²) < 4.78 is 1.11. The van der Waals surface area contributed by atoms with Crippen molar-refractivity contribution in [3.63, 3.8) is 0 Å². The largest absolute Gasteiger partial charge is 0.318 e. The number of fused-ring (bicyclic) bond motifs is 1. The molecule has 25 heavy (non-hydrogen) atoms. The number of halogens is 1. The van der Waals surface area contributed by atoms with Crippen molar-refractivity contribution in [2.75, 3.05) is 12.0 Å². The van der Waals surface area contributed by atoms with Gasteiger partial charge in [-0.3, -0.25) is 0 Å². The highest BCUT2D eigenvalue weighted by Gasteiger charge is 2.11. The smallest absolute Gasteiger partial charge is 0.0998 e. The van der Waals surface area contributed by atoms with Crippen LogP contribution in [0.25, 0.3) is 10.8 Å². The van der Waals surface area contributed by atoms with Gasteiger partial charge in [-0.05, 0) is 30.2 Å². The number of rotatable bonds is 6. The van der Waals surface area contributed by atoms with E-state index in [-0.39, 0.29) is 0 Å². The molecule has 0 atom stereocenters. The standard InChI is InChI=1S/C21H20BrN3/c1-2-13-25(15-17-7-3-6-10-20(17)22)24-21-12-11-16(14-23)18-8-4-5-9-19(18)21/h3-12,24H,2,13,15H2,1H3. The van der Waals surface area contributed by atoms with E-state index in [1.807, 2.05) is 36.4 Å². The Kier molecular flexibility index (Phi) is 5.70. The number of nitrogens with zero attached hydrogens (tertiary/aromatic N) is 2. The number of nitriles is 1. The van der Waals surface area contributed by atoms with E-state index in [1.165, 1.54) is 5.56 Å². The number of benzene rings is 3. The van der Waals surface area contributed by atoms with Crippen LogP contribution in [0, 0.1) is 11.3 Å². The molecule has 0 spiro atoms. The number of hydrogen-bond donors (Lipinski definition) is 1. The predicted molar refractivity (Wildman–Crippen MR) is 107 cm³/mol. The van der Waals surface area contributed by atoms with Crippen LogP contribution in [-0.2, 0) is 6.54 Å². The summed E-state index contributed by atoms with van der Waals surface area (Å²) in [5.74, 6) is 0. The van der Waals surface area contributed by atoms with Crippen molar-refractivity contribution in [3.05, 3.63) is 76.3 Å². The third-order valence-corrected chi connectivity index (χ3v) is 4.91. The average molecular weight is 394 g/mol. The molecule has 0 saturated heterocycles. The van der Waals surface area contributed by atoms with E-state index in [9.17, 15) is 5.26 Å². The highest BCUT2D eigenvalue weighted by Crippen LogP contribution is 2.27. The molecule has 0 aliphatic heterocycles. The molecule has 0 heterocycles. The Morgan fingerprint density at radius 1 is 1.00 bits per heavy atom. The van der Waals surface area contributed by atoms with Crippen molar-refractivity contribution in [2.24, 2.45) is 0 Å². The predicted octanol–water partition coefficient (Wildman–Crippen LogP) is 5.71. The molecular formula is C21H20BrN3. The molecule has 4 heteroatoms. The van der Waals surface area contributed by atoms with Crippen LogP contribution in [0.4, 0.5) is 5.69 Å². The minimum atomic E-state index is 0.703. The Morgan fingerprint density at radius 2 is 1.72 bits per heavy atom. The quantitative estimate of drug-likeness (QED) is 0.544. The second-order valence-electron chi connectivity index (χ2n) is 5.94. The molecule has 0 aromatic heterocycles. The normalized spacial score (nSPS) is 10.8. The lowest BCUT2D eigenvalue weighted by Gasteiger charge is -2.25. The maximum absolute atomic E-state index is 9.33. The zero-order valence-electron chi connectivity index (χ0n) is 14.2. The third-order valence-electron chi connectivity index (χ3n) is 4.14. The van der Waals surface area contributed by atoms with Crippen molar-refractivity contribution in [2.45, 2.75) is 19.9 Å². The second kappa shape index (κ2) is 8.15. The lowest BCUT2D eigenvalue weighted by molar-refractivity contribution is 0.322. The van der Waals surface area contributed by atoms with Gasteiger partial charge in [-0.25, -0.2) is 5.01 Å². The highest BCUT2D eigenvalue weighted by molar-refractivity contribution is 9.10. The van der Waals surface area contributed by atoms with E-state index in [0.29, 0.717) is 5.56 Å². The molecule has 126 valence electrons. The maximum Gasteiger partial charge on any atom is 0.0998 e. The lowest BCUT2D eigenvalue weighted by atomic mass is 10.0. The first-order valence-corrected chi connectivity index (χ1v) is 9.19. The molecule has 0 amide bonds. The number of hydrazine groups is 1. The van der Waals surface area contributed by atoms with Gasteiger partial charge in [-0.15, -0.1) is 0 Å². The van der Waals surface area contributed by atoms with E-state index in [2.05, 4.69) is 63.6 Å². The molecule has 3 rings (SSSR count).